The summed E-state index contributed by atoms with van der Waals surface area (Å²) in [6.07, 6.45) is 3.18. The SMILES string of the molecule is CCc1nc2n(-c3c(C)cc(C)cc3C)c(Cl)cn2c1C(O)N1CC(C)CC(C)C1. The summed E-state index contributed by atoms with van der Waals surface area (Å²) in [5.41, 5.74) is 6.39. The van der Waals surface area contributed by atoms with Crippen LogP contribution in [0.25, 0.3) is 11.5 Å². The molecule has 3 heterocycles. The summed E-state index contributed by atoms with van der Waals surface area (Å²) in [5, 5.41) is 12.0. The molecule has 0 spiro atoms. The fourth-order valence-electron chi connectivity index (χ4n) is 5.37. The van der Waals surface area contributed by atoms with Crippen LogP contribution in [0, 0.1) is 32.6 Å². The van der Waals surface area contributed by atoms with Crippen molar-refractivity contribution in [2.24, 2.45) is 11.8 Å². The van der Waals surface area contributed by atoms with Crippen LogP contribution in [0.5, 0.6) is 0 Å². The summed E-state index contributed by atoms with van der Waals surface area (Å²) in [4.78, 5) is 7.13. The maximum absolute atomic E-state index is 11.4. The largest absolute Gasteiger partial charge is 0.372 e. The molecule has 3 atom stereocenters. The number of benzene rings is 1. The lowest BCUT2D eigenvalue weighted by atomic mass is 9.91. The van der Waals surface area contributed by atoms with Gasteiger partial charge in [-0.1, -0.05) is 50.1 Å². The van der Waals surface area contributed by atoms with Crippen LogP contribution in [0.1, 0.15) is 61.5 Å². The Morgan fingerprint density at radius 2 is 1.73 bits per heavy atom. The first kappa shape index (κ1) is 21.4. The summed E-state index contributed by atoms with van der Waals surface area (Å²) in [6.45, 7) is 14.7. The molecule has 1 N–H and O–H groups in total. The second-order valence-corrected chi connectivity index (χ2v) is 9.66. The molecule has 0 aliphatic carbocycles. The minimum Gasteiger partial charge on any atom is -0.372 e. The molecular weight excluding hydrogens is 396 g/mol. The van der Waals surface area contributed by atoms with Gasteiger partial charge in [0, 0.05) is 19.3 Å². The first-order chi connectivity index (χ1) is 14.2. The lowest BCUT2D eigenvalue weighted by Crippen LogP contribution is -2.41. The molecule has 0 saturated carbocycles. The van der Waals surface area contributed by atoms with Crippen molar-refractivity contribution in [2.45, 2.75) is 60.6 Å². The minimum absolute atomic E-state index is 0.572. The van der Waals surface area contributed by atoms with Crippen molar-refractivity contribution >= 4 is 17.4 Å². The maximum atomic E-state index is 11.4. The zero-order valence-corrected chi connectivity index (χ0v) is 19.7. The first-order valence-electron chi connectivity index (χ1n) is 11.0. The second-order valence-electron chi connectivity index (χ2n) is 9.28. The summed E-state index contributed by atoms with van der Waals surface area (Å²) < 4.78 is 4.01. The molecule has 5 nitrogen and oxygen atoms in total. The number of rotatable bonds is 4. The van der Waals surface area contributed by atoms with Gasteiger partial charge in [0.2, 0.25) is 5.78 Å². The smallest absolute Gasteiger partial charge is 0.220 e. The molecule has 1 saturated heterocycles. The quantitative estimate of drug-likeness (QED) is 0.618. The molecule has 0 amide bonds. The Kier molecular flexibility index (Phi) is 5.73. The van der Waals surface area contributed by atoms with Crippen LogP contribution in [0.15, 0.2) is 18.3 Å². The predicted octanol–water partition coefficient (Wildman–Crippen LogP) is 5.23. The molecule has 3 unspecified atom stereocenters. The Hall–Kier alpha value is -1.82. The van der Waals surface area contributed by atoms with E-state index in [9.17, 15) is 5.11 Å². The molecule has 1 aliphatic rings. The molecule has 1 aromatic carbocycles. The zero-order valence-electron chi connectivity index (χ0n) is 18.9. The van der Waals surface area contributed by atoms with Crippen molar-refractivity contribution in [3.05, 3.63) is 51.6 Å². The van der Waals surface area contributed by atoms with E-state index in [1.807, 2.05) is 15.2 Å². The highest BCUT2D eigenvalue weighted by molar-refractivity contribution is 6.30. The van der Waals surface area contributed by atoms with Crippen LogP contribution in [0.4, 0.5) is 0 Å². The molecule has 6 heteroatoms. The van der Waals surface area contributed by atoms with Gasteiger partial charge >= 0.3 is 0 Å². The van der Waals surface area contributed by atoms with Crippen LogP contribution in [0.2, 0.25) is 5.15 Å². The van der Waals surface area contributed by atoms with Crippen LogP contribution in [-0.4, -0.2) is 37.0 Å². The molecule has 1 aliphatic heterocycles. The highest BCUT2D eigenvalue weighted by Crippen LogP contribution is 2.34. The van der Waals surface area contributed by atoms with E-state index in [0.29, 0.717) is 17.0 Å². The third kappa shape index (κ3) is 3.57. The van der Waals surface area contributed by atoms with Crippen LogP contribution >= 0.6 is 11.6 Å². The molecular formula is C24H33ClN4O. The average Bonchev–Trinajstić information content (AvgIpc) is 3.15. The molecule has 0 radical (unpaired) electrons. The molecule has 3 aromatic rings. The number of aromatic nitrogens is 3. The van der Waals surface area contributed by atoms with Gasteiger partial charge in [0.1, 0.15) is 5.15 Å². The second kappa shape index (κ2) is 8.03. The predicted molar refractivity (Wildman–Crippen MR) is 123 cm³/mol. The van der Waals surface area contributed by atoms with Gasteiger partial charge in [0.05, 0.1) is 17.1 Å². The lowest BCUT2D eigenvalue weighted by molar-refractivity contribution is -0.0385. The third-order valence-corrected chi connectivity index (χ3v) is 6.60. The van der Waals surface area contributed by atoms with E-state index in [-0.39, 0.29) is 0 Å². The van der Waals surface area contributed by atoms with Gasteiger partial charge in [-0.2, -0.15) is 0 Å². The van der Waals surface area contributed by atoms with E-state index in [1.54, 1.807) is 0 Å². The van der Waals surface area contributed by atoms with Gasteiger partial charge < -0.3 is 5.11 Å². The number of aryl methyl sites for hydroxylation is 4. The number of halogens is 1. The highest BCUT2D eigenvalue weighted by Gasteiger charge is 2.32. The molecule has 2 aromatic heterocycles. The fourth-order valence-corrected chi connectivity index (χ4v) is 5.63. The number of likely N-dealkylation sites (tertiary alicyclic amines) is 1. The Morgan fingerprint density at radius 3 is 2.30 bits per heavy atom. The Morgan fingerprint density at radius 1 is 1.13 bits per heavy atom. The molecule has 4 rings (SSSR count). The van der Waals surface area contributed by atoms with Crippen molar-refractivity contribution in [2.75, 3.05) is 13.1 Å². The summed E-state index contributed by atoms with van der Waals surface area (Å²) in [7, 11) is 0. The number of nitrogens with zero attached hydrogens (tertiary/aromatic N) is 4. The van der Waals surface area contributed by atoms with Gasteiger partial charge in [-0.15, -0.1) is 0 Å². The van der Waals surface area contributed by atoms with E-state index in [4.69, 9.17) is 16.6 Å². The summed E-state index contributed by atoms with van der Waals surface area (Å²) in [5.74, 6) is 1.91. The maximum Gasteiger partial charge on any atom is 0.220 e. The van der Waals surface area contributed by atoms with Gasteiger partial charge in [-0.25, -0.2) is 4.98 Å². The number of imidazole rings is 2. The number of hydrogen-bond donors (Lipinski definition) is 1. The number of piperidine rings is 1. The number of hydrogen-bond acceptors (Lipinski definition) is 3. The van der Waals surface area contributed by atoms with Gasteiger partial charge in [-0.3, -0.25) is 13.9 Å². The van der Waals surface area contributed by atoms with Crippen molar-refractivity contribution < 1.29 is 5.11 Å². The average molecular weight is 429 g/mol. The van der Waals surface area contributed by atoms with E-state index < -0.39 is 6.23 Å². The Bertz CT molecular complexity index is 1050. The normalized spacial score (nSPS) is 21.5. The van der Waals surface area contributed by atoms with Crippen LogP contribution < -0.4 is 0 Å². The van der Waals surface area contributed by atoms with Gasteiger partial charge in [0.15, 0.2) is 6.23 Å². The first-order valence-corrected chi connectivity index (χ1v) is 11.4. The molecule has 162 valence electrons. The van der Waals surface area contributed by atoms with Crippen molar-refractivity contribution in [3.63, 3.8) is 0 Å². The summed E-state index contributed by atoms with van der Waals surface area (Å²) in [6, 6.07) is 4.34. The van der Waals surface area contributed by atoms with Crippen molar-refractivity contribution in [1.82, 2.24) is 18.9 Å². The minimum atomic E-state index is -0.688. The monoisotopic (exact) mass is 428 g/mol. The highest BCUT2D eigenvalue weighted by atomic mass is 35.5. The van der Waals surface area contributed by atoms with E-state index in [1.165, 1.54) is 12.0 Å². The fraction of sp³-hybridized carbons (Fsp3) is 0.542. The topological polar surface area (TPSA) is 45.7 Å². The molecule has 0 bridgehead atoms. The standard InChI is InChI=1S/C24H33ClN4O/c1-7-19-22(23(30)27-11-15(3)8-16(4)12-27)28-13-20(25)29(24(28)26-19)21-17(5)9-14(2)10-18(21)6/h9-10,13,15-16,23,30H,7-8,11-12H2,1-6H3. The molecule has 1 fully saturated rings. The summed E-state index contributed by atoms with van der Waals surface area (Å²) >= 11 is 6.74. The van der Waals surface area contributed by atoms with Crippen LogP contribution in [0.3, 0.4) is 0 Å². The van der Waals surface area contributed by atoms with Crippen molar-refractivity contribution in [3.8, 4) is 5.69 Å². The Balaban J connectivity index is 1.87. The van der Waals surface area contributed by atoms with Gasteiger partial charge in [0.25, 0.3) is 0 Å². The zero-order chi connectivity index (χ0) is 21.7. The Labute approximate surface area is 184 Å². The van der Waals surface area contributed by atoms with Crippen molar-refractivity contribution in [1.29, 1.82) is 0 Å². The van der Waals surface area contributed by atoms with E-state index >= 15 is 0 Å². The van der Waals surface area contributed by atoms with Gasteiger partial charge in [-0.05, 0) is 56.6 Å². The third-order valence-electron chi connectivity index (χ3n) is 6.34. The van der Waals surface area contributed by atoms with Crippen LogP contribution in [-0.2, 0) is 6.42 Å². The van der Waals surface area contributed by atoms with E-state index in [2.05, 4.69) is 58.6 Å². The lowest BCUT2D eigenvalue weighted by Gasteiger charge is -2.37. The molecule has 30 heavy (non-hydrogen) atoms. The van der Waals surface area contributed by atoms with E-state index in [0.717, 1.165) is 53.5 Å². The number of aliphatic hydroxyl groups excluding tert-OH is 1. The number of aliphatic hydroxyl groups is 1. The number of fused-ring (bicyclic) bond motifs is 1.